The van der Waals surface area contributed by atoms with Gasteiger partial charge in [-0.2, -0.15) is 13.2 Å². The molecular weight excluding hydrogens is 413 g/mol. The van der Waals surface area contributed by atoms with Gasteiger partial charge in [0.2, 0.25) is 0 Å². The standard InChI is InChI=1S/C24H16F5NO/c25-18-2-1-3-19(26)22(18)21-13-12-20(30-21)16-6-4-14(5-7-16)15-8-10-17(11-9-15)31-24(29)23(27)28/h1-11,20H,12-13H2/t20-/m1/s1. The average molecular weight is 429 g/mol. The van der Waals surface area contributed by atoms with E-state index in [4.69, 9.17) is 0 Å². The van der Waals surface area contributed by atoms with Gasteiger partial charge < -0.3 is 4.74 Å². The highest BCUT2D eigenvalue weighted by atomic mass is 19.3. The second kappa shape index (κ2) is 8.71. The summed E-state index contributed by atoms with van der Waals surface area (Å²) in [7, 11) is 0. The molecule has 0 saturated carbocycles. The van der Waals surface area contributed by atoms with Crippen molar-refractivity contribution in [3.8, 4) is 16.9 Å². The lowest BCUT2D eigenvalue weighted by Gasteiger charge is -2.09. The number of nitrogens with zero attached hydrogens (tertiary/aromatic N) is 1. The van der Waals surface area contributed by atoms with E-state index in [1.807, 2.05) is 24.3 Å². The molecule has 1 atom stereocenters. The Hall–Kier alpha value is -3.48. The van der Waals surface area contributed by atoms with E-state index in [1.165, 1.54) is 30.3 Å². The third kappa shape index (κ3) is 4.50. The van der Waals surface area contributed by atoms with Crippen molar-refractivity contribution < 1.29 is 26.7 Å². The van der Waals surface area contributed by atoms with Crippen LogP contribution in [0.4, 0.5) is 22.0 Å². The number of hydrogen-bond donors (Lipinski definition) is 0. The number of benzene rings is 3. The van der Waals surface area contributed by atoms with Gasteiger partial charge in [0.25, 0.3) is 0 Å². The Labute approximate surface area is 175 Å². The summed E-state index contributed by atoms with van der Waals surface area (Å²) < 4.78 is 69.5. The molecule has 0 fully saturated rings. The van der Waals surface area contributed by atoms with Crippen molar-refractivity contribution in [1.29, 1.82) is 0 Å². The van der Waals surface area contributed by atoms with E-state index < -0.39 is 23.7 Å². The average Bonchev–Trinajstić information content (AvgIpc) is 3.24. The summed E-state index contributed by atoms with van der Waals surface area (Å²) in [5.74, 6) is -1.28. The van der Waals surface area contributed by atoms with Gasteiger partial charge in [0.05, 0.1) is 11.6 Å². The predicted octanol–water partition coefficient (Wildman–Crippen LogP) is 7.37. The lowest BCUT2D eigenvalue weighted by molar-refractivity contribution is 0.241. The van der Waals surface area contributed by atoms with E-state index in [0.29, 0.717) is 18.6 Å². The van der Waals surface area contributed by atoms with Crippen LogP contribution in [0.2, 0.25) is 0 Å². The fraction of sp³-hybridized carbons (Fsp3) is 0.125. The molecule has 0 saturated heterocycles. The van der Waals surface area contributed by atoms with Gasteiger partial charge in [0.1, 0.15) is 17.4 Å². The minimum atomic E-state index is -2.52. The first kappa shape index (κ1) is 20.8. The molecule has 31 heavy (non-hydrogen) atoms. The second-order valence-electron chi connectivity index (χ2n) is 7.01. The molecule has 0 bridgehead atoms. The first-order valence-corrected chi connectivity index (χ1v) is 9.52. The molecule has 2 nitrogen and oxygen atoms in total. The van der Waals surface area contributed by atoms with E-state index in [9.17, 15) is 22.0 Å². The zero-order valence-electron chi connectivity index (χ0n) is 16.1. The highest BCUT2D eigenvalue weighted by molar-refractivity contribution is 6.02. The van der Waals surface area contributed by atoms with Gasteiger partial charge in [-0.15, -0.1) is 0 Å². The molecule has 0 spiro atoms. The summed E-state index contributed by atoms with van der Waals surface area (Å²) in [4.78, 5) is 4.53. The third-order valence-corrected chi connectivity index (χ3v) is 5.06. The fourth-order valence-corrected chi connectivity index (χ4v) is 3.55. The van der Waals surface area contributed by atoms with Crippen molar-refractivity contribution in [3.05, 3.63) is 102 Å². The van der Waals surface area contributed by atoms with E-state index in [2.05, 4.69) is 9.73 Å². The minimum absolute atomic E-state index is 0.0427. The number of halogens is 5. The Kier molecular flexibility index (Phi) is 5.84. The number of ether oxygens (including phenoxy) is 1. The SMILES string of the molecule is FC(F)=C(F)Oc1ccc(-c2ccc([C@H]3CCC(c4c(F)cccc4F)=N3)cc2)cc1. The van der Waals surface area contributed by atoms with Crippen LogP contribution in [0.5, 0.6) is 5.75 Å². The van der Waals surface area contributed by atoms with Crippen molar-refractivity contribution in [2.75, 3.05) is 0 Å². The molecule has 1 heterocycles. The van der Waals surface area contributed by atoms with Gasteiger partial charge in [-0.3, -0.25) is 4.99 Å². The molecule has 0 radical (unpaired) electrons. The van der Waals surface area contributed by atoms with E-state index in [-0.39, 0.29) is 17.4 Å². The summed E-state index contributed by atoms with van der Waals surface area (Å²) >= 11 is 0. The summed E-state index contributed by atoms with van der Waals surface area (Å²) in [6, 6.07) is 15.2. The molecule has 0 aliphatic carbocycles. The van der Waals surface area contributed by atoms with Crippen molar-refractivity contribution in [1.82, 2.24) is 0 Å². The van der Waals surface area contributed by atoms with E-state index in [0.717, 1.165) is 16.7 Å². The van der Waals surface area contributed by atoms with Crippen LogP contribution in [0.25, 0.3) is 11.1 Å². The third-order valence-electron chi connectivity index (χ3n) is 5.06. The van der Waals surface area contributed by atoms with Crippen molar-refractivity contribution >= 4 is 5.71 Å². The summed E-state index contributed by atoms with van der Waals surface area (Å²) in [6.07, 6.45) is -1.38. The van der Waals surface area contributed by atoms with Crippen LogP contribution in [0.1, 0.15) is 30.0 Å². The number of rotatable bonds is 5. The zero-order chi connectivity index (χ0) is 22.0. The Balaban J connectivity index is 1.50. The quantitative estimate of drug-likeness (QED) is 0.307. The van der Waals surface area contributed by atoms with Crippen LogP contribution in [0.15, 0.2) is 83.8 Å². The maximum Gasteiger partial charge on any atom is 0.344 e. The van der Waals surface area contributed by atoms with Crippen molar-refractivity contribution in [2.45, 2.75) is 18.9 Å². The summed E-state index contributed by atoms with van der Waals surface area (Å²) in [5.41, 5.74) is 2.91. The molecule has 0 amide bonds. The first-order chi connectivity index (χ1) is 14.9. The molecule has 158 valence electrons. The molecule has 3 aromatic carbocycles. The highest BCUT2D eigenvalue weighted by Crippen LogP contribution is 2.33. The summed E-state index contributed by atoms with van der Waals surface area (Å²) in [5, 5.41) is 0. The largest absolute Gasteiger partial charge is 0.428 e. The van der Waals surface area contributed by atoms with Gasteiger partial charge in [-0.05, 0) is 53.8 Å². The molecule has 0 N–H and O–H groups in total. The smallest absolute Gasteiger partial charge is 0.344 e. The van der Waals surface area contributed by atoms with Crippen LogP contribution in [-0.2, 0) is 0 Å². The van der Waals surface area contributed by atoms with Crippen LogP contribution in [-0.4, -0.2) is 5.71 Å². The molecule has 4 rings (SSSR count). The zero-order valence-corrected chi connectivity index (χ0v) is 16.1. The maximum atomic E-state index is 14.0. The number of hydrogen-bond acceptors (Lipinski definition) is 2. The maximum absolute atomic E-state index is 14.0. The van der Waals surface area contributed by atoms with Gasteiger partial charge in [0, 0.05) is 5.71 Å². The Morgan fingerprint density at radius 2 is 1.39 bits per heavy atom. The minimum Gasteiger partial charge on any atom is -0.428 e. The highest BCUT2D eigenvalue weighted by Gasteiger charge is 2.24. The monoisotopic (exact) mass is 429 g/mol. The van der Waals surface area contributed by atoms with E-state index in [1.54, 1.807) is 12.1 Å². The van der Waals surface area contributed by atoms with Gasteiger partial charge in [0.15, 0.2) is 0 Å². The second-order valence-corrected chi connectivity index (χ2v) is 7.01. The van der Waals surface area contributed by atoms with Crippen LogP contribution in [0, 0.1) is 11.6 Å². The molecular formula is C24H16F5NO. The van der Waals surface area contributed by atoms with E-state index >= 15 is 0 Å². The molecule has 7 heteroatoms. The number of aliphatic imine (C=N–C) groups is 1. The Bertz CT molecular complexity index is 1130. The van der Waals surface area contributed by atoms with Crippen molar-refractivity contribution in [3.63, 3.8) is 0 Å². The molecule has 0 aromatic heterocycles. The van der Waals surface area contributed by atoms with Gasteiger partial charge in [-0.1, -0.05) is 42.5 Å². The Morgan fingerprint density at radius 3 is 1.97 bits per heavy atom. The van der Waals surface area contributed by atoms with Crippen LogP contribution >= 0.6 is 0 Å². The first-order valence-electron chi connectivity index (χ1n) is 9.52. The normalized spacial score (nSPS) is 15.5. The predicted molar refractivity (Wildman–Crippen MR) is 108 cm³/mol. The van der Waals surface area contributed by atoms with Gasteiger partial charge in [-0.25, -0.2) is 8.78 Å². The fourth-order valence-electron chi connectivity index (χ4n) is 3.55. The summed E-state index contributed by atoms with van der Waals surface area (Å²) in [6.45, 7) is 0. The topological polar surface area (TPSA) is 21.6 Å². The molecule has 3 aromatic rings. The molecule has 1 aliphatic heterocycles. The van der Waals surface area contributed by atoms with Crippen molar-refractivity contribution in [2.24, 2.45) is 4.99 Å². The lowest BCUT2D eigenvalue weighted by Crippen LogP contribution is -2.03. The lowest BCUT2D eigenvalue weighted by atomic mass is 9.99. The Morgan fingerprint density at radius 1 is 0.806 bits per heavy atom. The molecule has 0 unspecified atom stereocenters. The van der Waals surface area contributed by atoms with Crippen LogP contribution < -0.4 is 4.74 Å². The van der Waals surface area contributed by atoms with Gasteiger partial charge >= 0.3 is 12.1 Å². The van der Waals surface area contributed by atoms with Crippen LogP contribution in [0.3, 0.4) is 0 Å². The molecule has 1 aliphatic rings.